The Labute approximate surface area is 103 Å². The van der Waals surface area contributed by atoms with Gasteiger partial charge in [-0.2, -0.15) is 0 Å². The van der Waals surface area contributed by atoms with Gasteiger partial charge in [0.05, 0.1) is 13.5 Å². The molecule has 0 radical (unpaired) electrons. The normalized spacial score (nSPS) is 12.5. The fourth-order valence-corrected chi connectivity index (χ4v) is 1.65. The Balaban J connectivity index is 2.34. The summed E-state index contributed by atoms with van der Waals surface area (Å²) < 4.78 is 4.67. The van der Waals surface area contributed by atoms with Crippen molar-refractivity contribution in [3.8, 4) is 0 Å². The van der Waals surface area contributed by atoms with Gasteiger partial charge in [0.25, 0.3) is 0 Å². The number of carbonyl (C=O) groups excluding carboxylic acids is 1. The standard InChI is InChI=1S/C14H21NO2/c1-12(11-14(16)17-3)15(2)10-9-13-7-5-4-6-8-13/h4-8,12H,9-11H2,1-3H3. The first-order valence-electron chi connectivity index (χ1n) is 5.94. The number of esters is 1. The predicted molar refractivity (Wildman–Crippen MR) is 68.9 cm³/mol. The summed E-state index contributed by atoms with van der Waals surface area (Å²) in [7, 11) is 3.47. The van der Waals surface area contributed by atoms with Crippen LogP contribution < -0.4 is 0 Å². The van der Waals surface area contributed by atoms with Gasteiger partial charge in [-0.15, -0.1) is 0 Å². The predicted octanol–water partition coefficient (Wildman–Crippen LogP) is 2.11. The number of methoxy groups -OCH3 is 1. The minimum Gasteiger partial charge on any atom is -0.469 e. The van der Waals surface area contributed by atoms with Crippen molar-refractivity contribution in [1.29, 1.82) is 0 Å². The number of hydrogen-bond donors (Lipinski definition) is 0. The van der Waals surface area contributed by atoms with Crippen LogP contribution in [0, 0.1) is 0 Å². The van der Waals surface area contributed by atoms with Gasteiger partial charge in [0.2, 0.25) is 0 Å². The second-order valence-electron chi connectivity index (χ2n) is 4.35. The maximum absolute atomic E-state index is 11.2. The van der Waals surface area contributed by atoms with Crippen LogP contribution in [0.25, 0.3) is 0 Å². The first-order valence-corrected chi connectivity index (χ1v) is 5.94. The fourth-order valence-electron chi connectivity index (χ4n) is 1.65. The second-order valence-corrected chi connectivity index (χ2v) is 4.35. The number of likely N-dealkylation sites (N-methyl/N-ethyl adjacent to an activating group) is 1. The summed E-state index contributed by atoms with van der Waals surface area (Å²) in [6, 6.07) is 10.6. The average Bonchev–Trinajstić information content (AvgIpc) is 2.36. The highest BCUT2D eigenvalue weighted by molar-refractivity contribution is 5.69. The van der Waals surface area contributed by atoms with Crippen molar-refractivity contribution in [2.45, 2.75) is 25.8 Å². The number of benzene rings is 1. The maximum atomic E-state index is 11.2. The highest BCUT2D eigenvalue weighted by Gasteiger charge is 2.13. The zero-order chi connectivity index (χ0) is 12.7. The molecule has 1 rings (SSSR count). The van der Waals surface area contributed by atoms with E-state index in [-0.39, 0.29) is 12.0 Å². The first-order chi connectivity index (χ1) is 8.13. The molecular formula is C14H21NO2. The Bertz CT molecular complexity index is 337. The van der Waals surface area contributed by atoms with Crippen LogP contribution in [0.4, 0.5) is 0 Å². The van der Waals surface area contributed by atoms with Gasteiger partial charge in [0.1, 0.15) is 0 Å². The van der Waals surface area contributed by atoms with Gasteiger partial charge >= 0.3 is 5.97 Å². The molecule has 3 nitrogen and oxygen atoms in total. The van der Waals surface area contributed by atoms with Gasteiger partial charge < -0.3 is 9.64 Å². The molecule has 3 heteroatoms. The minimum absolute atomic E-state index is 0.149. The highest BCUT2D eigenvalue weighted by atomic mass is 16.5. The molecule has 0 fully saturated rings. The zero-order valence-electron chi connectivity index (χ0n) is 10.8. The van der Waals surface area contributed by atoms with E-state index in [1.54, 1.807) is 0 Å². The topological polar surface area (TPSA) is 29.5 Å². The van der Waals surface area contributed by atoms with Gasteiger partial charge in [-0.25, -0.2) is 0 Å². The van der Waals surface area contributed by atoms with Gasteiger partial charge in [0.15, 0.2) is 0 Å². The minimum atomic E-state index is -0.149. The molecule has 0 spiro atoms. The molecule has 17 heavy (non-hydrogen) atoms. The van der Waals surface area contributed by atoms with E-state index in [1.807, 2.05) is 32.2 Å². The molecule has 0 bridgehead atoms. The third kappa shape index (κ3) is 5.00. The van der Waals surface area contributed by atoms with Crippen molar-refractivity contribution < 1.29 is 9.53 Å². The third-order valence-corrected chi connectivity index (χ3v) is 3.04. The lowest BCUT2D eigenvalue weighted by atomic mass is 10.1. The summed E-state index contributed by atoms with van der Waals surface area (Å²) in [5.41, 5.74) is 1.32. The van der Waals surface area contributed by atoms with E-state index in [9.17, 15) is 4.79 Å². The number of carbonyl (C=O) groups is 1. The number of ether oxygens (including phenoxy) is 1. The molecule has 1 atom stereocenters. The molecule has 0 saturated heterocycles. The van der Waals surface area contributed by atoms with Gasteiger partial charge in [-0.1, -0.05) is 30.3 Å². The van der Waals surface area contributed by atoms with Crippen molar-refractivity contribution >= 4 is 5.97 Å². The van der Waals surface area contributed by atoms with E-state index in [1.165, 1.54) is 12.7 Å². The van der Waals surface area contributed by atoms with Crippen molar-refractivity contribution in [3.63, 3.8) is 0 Å². The molecule has 1 aromatic rings. The van der Waals surface area contributed by atoms with E-state index in [0.717, 1.165) is 13.0 Å². The third-order valence-electron chi connectivity index (χ3n) is 3.04. The smallest absolute Gasteiger partial charge is 0.307 e. The lowest BCUT2D eigenvalue weighted by Gasteiger charge is -2.23. The van der Waals surface area contributed by atoms with E-state index in [4.69, 9.17) is 0 Å². The molecule has 0 aliphatic rings. The second kappa shape index (κ2) is 7.07. The van der Waals surface area contributed by atoms with Crippen LogP contribution in [0.15, 0.2) is 30.3 Å². The molecule has 0 aromatic heterocycles. The Morgan fingerprint density at radius 1 is 1.35 bits per heavy atom. The van der Waals surface area contributed by atoms with Crippen molar-refractivity contribution in [1.82, 2.24) is 4.90 Å². The summed E-state index contributed by atoms with van der Waals surface area (Å²) in [6.45, 7) is 2.99. The lowest BCUT2D eigenvalue weighted by molar-refractivity contribution is -0.141. The van der Waals surface area contributed by atoms with Crippen LogP contribution in [-0.2, 0) is 16.0 Å². The monoisotopic (exact) mass is 235 g/mol. The van der Waals surface area contributed by atoms with Crippen LogP contribution in [0.5, 0.6) is 0 Å². The van der Waals surface area contributed by atoms with E-state index in [0.29, 0.717) is 6.42 Å². The summed E-state index contributed by atoms with van der Waals surface area (Å²) >= 11 is 0. The summed E-state index contributed by atoms with van der Waals surface area (Å²) in [6.07, 6.45) is 1.45. The zero-order valence-corrected chi connectivity index (χ0v) is 10.8. The number of rotatable bonds is 6. The average molecular weight is 235 g/mol. The fraction of sp³-hybridized carbons (Fsp3) is 0.500. The molecular weight excluding hydrogens is 214 g/mol. The molecule has 0 amide bonds. The van der Waals surface area contributed by atoms with Gasteiger partial charge in [0, 0.05) is 12.6 Å². The van der Waals surface area contributed by atoms with Crippen LogP contribution in [0.1, 0.15) is 18.9 Å². The van der Waals surface area contributed by atoms with Crippen LogP contribution >= 0.6 is 0 Å². The Morgan fingerprint density at radius 2 is 2.00 bits per heavy atom. The van der Waals surface area contributed by atoms with E-state index < -0.39 is 0 Å². The molecule has 0 aliphatic heterocycles. The van der Waals surface area contributed by atoms with Crippen LogP contribution in [-0.4, -0.2) is 37.6 Å². The Hall–Kier alpha value is -1.35. The van der Waals surface area contributed by atoms with Gasteiger partial charge in [-0.3, -0.25) is 4.79 Å². The highest BCUT2D eigenvalue weighted by Crippen LogP contribution is 2.05. The van der Waals surface area contributed by atoms with Crippen LogP contribution in [0.3, 0.4) is 0 Å². The summed E-state index contributed by atoms with van der Waals surface area (Å²) in [5, 5.41) is 0. The van der Waals surface area contributed by atoms with E-state index >= 15 is 0 Å². The molecule has 0 aliphatic carbocycles. The molecule has 94 valence electrons. The summed E-state index contributed by atoms with van der Waals surface area (Å²) in [5.74, 6) is -0.149. The molecule has 0 saturated carbocycles. The summed E-state index contributed by atoms with van der Waals surface area (Å²) in [4.78, 5) is 13.3. The quantitative estimate of drug-likeness (QED) is 0.707. The largest absolute Gasteiger partial charge is 0.469 e. The van der Waals surface area contributed by atoms with Crippen molar-refractivity contribution in [2.75, 3.05) is 20.7 Å². The molecule has 0 N–H and O–H groups in total. The van der Waals surface area contributed by atoms with Gasteiger partial charge in [-0.05, 0) is 26.0 Å². The molecule has 0 heterocycles. The Morgan fingerprint density at radius 3 is 2.59 bits per heavy atom. The first kappa shape index (κ1) is 13.7. The van der Waals surface area contributed by atoms with Crippen molar-refractivity contribution in [3.05, 3.63) is 35.9 Å². The van der Waals surface area contributed by atoms with Crippen LogP contribution in [0.2, 0.25) is 0 Å². The molecule has 1 aromatic carbocycles. The number of hydrogen-bond acceptors (Lipinski definition) is 3. The molecule has 1 unspecified atom stereocenters. The van der Waals surface area contributed by atoms with E-state index in [2.05, 4.69) is 21.8 Å². The lowest BCUT2D eigenvalue weighted by Crippen LogP contribution is -2.33. The maximum Gasteiger partial charge on any atom is 0.307 e. The Kier molecular flexibility index (Phi) is 5.70. The number of nitrogens with zero attached hydrogens (tertiary/aromatic N) is 1. The SMILES string of the molecule is COC(=O)CC(C)N(C)CCc1ccccc1. The van der Waals surface area contributed by atoms with Crippen molar-refractivity contribution in [2.24, 2.45) is 0 Å².